The van der Waals surface area contributed by atoms with Gasteiger partial charge in [0, 0.05) is 31.9 Å². The Bertz CT molecular complexity index is 880. The molecular weight excluding hydrogens is 374 g/mol. The minimum Gasteiger partial charge on any atom is -0.368 e. The molecule has 1 atom stereocenters. The van der Waals surface area contributed by atoms with Crippen molar-refractivity contribution in [1.29, 1.82) is 0 Å². The molecule has 2 aromatic carbocycles. The zero-order valence-electron chi connectivity index (χ0n) is 16.4. The van der Waals surface area contributed by atoms with E-state index >= 15 is 0 Å². The number of anilines is 2. The van der Waals surface area contributed by atoms with Crippen molar-refractivity contribution in [3.05, 3.63) is 60.7 Å². The largest absolute Gasteiger partial charge is 0.368 e. The third-order valence-electron chi connectivity index (χ3n) is 5.04. The first-order chi connectivity index (χ1) is 13.4. The van der Waals surface area contributed by atoms with Gasteiger partial charge in [-0.05, 0) is 30.7 Å². The van der Waals surface area contributed by atoms with E-state index in [1.54, 1.807) is 29.2 Å². The van der Waals surface area contributed by atoms with Gasteiger partial charge >= 0.3 is 0 Å². The van der Waals surface area contributed by atoms with E-state index < -0.39 is 16.1 Å². The van der Waals surface area contributed by atoms with Crippen molar-refractivity contribution in [3.63, 3.8) is 0 Å². The first-order valence-electron chi connectivity index (χ1n) is 9.55. The molecule has 0 aromatic heterocycles. The molecule has 6 nitrogen and oxygen atoms in total. The second-order valence-electron chi connectivity index (χ2n) is 6.97. The summed E-state index contributed by atoms with van der Waals surface area (Å²) in [7, 11) is -3.59. The van der Waals surface area contributed by atoms with Crippen molar-refractivity contribution in [2.75, 3.05) is 41.6 Å². The summed E-state index contributed by atoms with van der Waals surface area (Å²) in [6, 6.07) is 18.2. The Morgan fingerprint density at radius 1 is 0.964 bits per heavy atom. The quantitative estimate of drug-likeness (QED) is 0.746. The molecule has 1 heterocycles. The van der Waals surface area contributed by atoms with Gasteiger partial charge in [0.05, 0.1) is 11.9 Å². The molecule has 0 bridgehead atoms. The van der Waals surface area contributed by atoms with Crippen LogP contribution in [0.25, 0.3) is 0 Å². The number of sulfonamides is 1. The summed E-state index contributed by atoms with van der Waals surface area (Å²) in [6.07, 6.45) is 1.57. The van der Waals surface area contributed by atoms with Crippen molar-refractivity contribution in [1.82, 2.24) is 4.90 Å². The van der Waals surface area contributed by atoms with E-state index in [1.165, 1.54) is 4.31 Å². The number of hydrogen-bond acceptors (Lipinski definition) is 4. The van der Waals surface area contributed by atoms with Crippen LogP contribution in [0.15, 0.2) is 60.7 Å². The standard InChI is InChI=1S/C21H27N3O3S/c1-3-20(24(28(2,26)27)19-12-8-5-9-13-19)21(25)23-16-14-22(15-17-23)18-10-6-4-7-11-18/h4-13,20H,3,14-17H2,1-2H3/t20-/m0/s1. The number of para-hydroxylation sites is 2. The van der Waals surface area contributed by atoms with Crippen molar-refractivity contribution in [2.45, 2.75) is 19.4 Å². The van der Waals surface area contributed by atoms with Crippen LogP contribution in [0.3, 0.4) is 0 Å². The van der Waals surface area contributed by atoms with Crippen LogP contribution >= 0.6 is 0 Å². The lowest BCUT2D eigenvalue weighted by Gasteiger charge is -2.39. The lowest BCUT2D eigenvalue weighted by molar-refractivity contribution is -0.132. The highest BCUT2D eigenvalue weighted by Crippen LogP contribution is 2.24. The van der Waals surface area contributed by atoms with E-state index in [2.05, 4.69) is 17.0 Å². The summed E-state index contributed by atoms with van der Waals surface area (Å²) < 4.78 is 26.3. The first-order valence-corrected chi connectivity index (χ1v) is 11.4. The van der Waals surface area contributed by atoms with Crippen LogP contribution in [-0.2, 0) is 14.8 Å². The number of piperazine rings is 1. The Labute approximate surface area is 167 Å². The zero-order chi connectivity index (χ0) is 20.1. The second kappa shape index (κ2) is 8.65. The van der Waals surface area contributed by atoms with Crippen LogP contribution < -0.4 is 9.21 Å². The van der Waals surface area contributed by atoms with E-state index in [-0.39, 0.29) is 5.91 Å². The van der Waals surface area contributed by atoms with Gasteiger partial charge < -0.3 is 9.80 Å². The Hall–Kier alpha value is -2.54. The van der Waals surface area contributed by atoms with Gasteiger partial charge in [0.1, 0.15) is 6.04 Å². The van der Waals surface area contributed by atoms with Gasteiger partial charge in [-0.1, -0.05) is 43.3 Å². The van der Waals surface area contributed by atoms with Crippen molar-refractivity contribution < 1.29 is 13.2 Å². The monoisotopic (exact) mass is 401 g/mol. The van der Waals surface area contributed by atoms with Gasteiger partial charge in [-0.15, -0.1) is 0 Å². The van der Waals surface area contributed by atoms with Gasteiger partial charge in [0.2, 0.25) is 15.9 Å². The number of rotatable bonds is 6. The van der Waals surface area contributed by atoms with Gasteiger partial charge in [0.15, 0.2) is 0 Å². The lowest BCUT2D eigenvalue weighted by Crippen LogP contribution is -2.56. The molecule has 3 rings (SSSR count). The molecule has 0 N–H and O–H groups in total. The van der Waals surface area contributed by atoms with Crippen LogP contribution in [0.1, 0.15) is 13.3 Å². The van der Waals surface area contributed by atoms with Crippen LogP contribution in [0.4, 0.5) is 11.4 Å². The summed E-state index contributed by atoms with van der Waals surface area (Å²) in [6.45, 7) is 4.48. The minimum atomic E-state index is -3.59. The highest BCUT2D eigenvalue weighted by Gasteiger charge is 2.35. The topological polar surface area (TPSA) is 60.9 Å². The summed E-state index contributed by atoms with van der Waals surface area (Å²) in [4.78, 5) is 17.3. The molecule has 0 spiro atoms. The van der Waals surface area contributed by atoms with E-state index in [1.807, 2.05) is 31.2 Å². The van der Waals surface area contributed by atoms with E-state index in [0.717, 1.165) is 25.0 Å². The average Bonchev–Trinajstić information content (AvgIpc) is 2.72. The fourth-order valence-electron chi connectivity index (χ4n) is 3.65. The predicted octanol–water partition coefficient (Wildman–Crippen LogP) is 2.58. The second-order valence-corrected chi connectivity index (χ2v) is 8.83. The molecule has 28 heavy (non-hydrogen) atoms. The van der Waals surface area contributed by atoms with Crippen LogP contribution in [0.5, 0.6) is 0 Å². The number of amides is 1. The molecular formula is C21H27N3O3S. The summed E-state index contributed by atoms with van der Waals surface area (Å²) in [5.41, 5.74) is 1.66. The Morgan fingerprint density at radius 3 is 2.00 bits per heavy atom. The third-order valence-corrected chi connectivity index (χ3v) is 6.22. The maximum Gasteiger partial charge on any atom is 0.246 e. The van der Waals surface area contributed by atoms with Crippen molar-refractivity contribution in [3.8, 4) is 0 Å². The van der Waals surface area contributed by atoms with Crippen LogP contribution in [-0.4, -0.2) is 57.7 Å². The molecule has 0 aliphatic carbocycles. The molecule has 1 fully saturated rings. The predicted molar refractivity (Wildman–Crippen MR) is 113 cm³/mol. The number of nitrogens with zero attached hydrogens (tertiary/aromatic N) is 3. The molecule has 0 radical (unpaired) electrons. The molecule has 0 unspecified atom stereocenters. The molecule has 2 aromatic rings. The minimum absolute atomic E-state index is 0.135. The van der Waals surface area contributed by atoms with E-state index in [0.29, 0.717) is 25.2 Å². The average molecular weight is 402 g/mol. The van der Waals surface area contributed by atoms with Gasteiger partial charge in [0.25, 0.3) is 0 Å². The Kier molecular flexibility index (Phi) is 6.24. The van der Waals surface area contributed by atoms with Gasteiger partial charge in [-0.3, -0.25) is 9.10 Å². The summed E-state index contributed by atoms with van der Waals surface area (Å²) >= 11 is 0. The number of carbonyl (C=O) groups excluding carboxylic acids is 1. The smallest absolute Gasteiger partial charge is 0.246 e. The van der Waals surface area contributed by atoms with Crippen molar-refractivity contribution in [2.24, 2.45) is 0 Å². The molecule has 1 amide bonds. The fourth-order valence-corrected chi connectivity index (χ4v) is 4.86. The highest BCUT2D eigenvalue weighted by atomic mass is 32.2. The van der Waals surface area contributed by atoms with E-state index in [9.17, 15) is 13.2 Å². The molecule has 0 saturated carbocycles. The van der Waals surface area contributed by atoms with Crippen LogP contribution in [0, 0.1) is 0 Å². The van der Waals surface area contributed by atoms with Crippen LogP contribution in [0.2, 0.25) is 0 Å². The van der Waals surface area contributed by atoms with Crippen molar-refractivity contribution >= 4 is 27.3 Å². The lowest BCUT2D eigenvalue weighted by atomic mass is 10.1. The Morgan fingerprint density at radius 2 is 1.50 bits per heavy atom. The number of hydrogen-bond donors (Lipinski definition) is 0. The summed E-state index contributed by atoms with van der Waals surface area (Å²) in [5.74, 6) is -0.135. The number of benzene rings is 2. The maximum atomic E-state index is 13.2. The molecule has 150 valence electrons. The SMILES string of the molecule is CC[C@@H](C(=O)N1CCN(c2ccccc2)CC1)N(c1ccccc1)S(C)(=O)=O. The first kappa shape index (κ1) is 20.2. The third kappa shape index (κ3) is 4.47. The maximum absolute atomic E-state index is 13.2. The van der Waals surface area contributed by atoms with Gasteiger partial charge in [-0.2, -0.15) is 0 Å². The fraction of sp³-hybridized carbons (Fsp3) is 0.381. The molecule has 7 heteroatoms. The Balaban J connectivity index is 1.76. The normalized spacial score (nSPS) is 15.9. The zero-order valence-corrected chi connectivity index (χ0v) is 17.2. The number of carbonyl (C=O) groups is 1. The molecule has 1 saturated heterocycles. The molecule has 1 aliphatic rings. The molecule has 1 aliphatic heterocycles. The van der Waals surface area contributed by atoms with E-state index in [4.69, 9.17) is 0 Å². The van der Waals surface area contributed by atoms with Gasteiger partial charge in [-0.25, -0.2) is 8.42 Å². The summed E-state index contributed by atoms with van der Waals surface area (Å²) in [5, 5.41) is 0. The highest BCUT2D eigenvalue weighted by molar-refractivity contribution is 7.92.